The van der Waals surface area contributed by atoms with Crippen LogP contribution in [0.5, 0.6) is 0 Å². The highest BCUT2D eigenvalue weighted by atomic mass is 35.5. The van der Waals surface area contributed by atoms with Gasteiger partial charge < -0.3 is 0 Å². The number of rotatable bonds is 4. The molecule has 1 unspecified atom stereocenters. The van der Waals surface area contributed by atoms with Crippen molar-refractivity contribution in [2.45, 2.75) is 60.9 Å². The van der Waals surface area contributed by atoms with E-state index in [4.69, 9.17) is 46.4 Å². The lowest BCUT2D eigenvalue weighted by Crippen LogP contribution is -2.24. The van der Waals surface area contributed by atoms with Crippen molar-refractivity contribution in [2.75, 3.05) is 0 Å². The second kappa shape index (κ2) is 14.3. The van der Waals surface area contributed by atoms with Crippen LogP contribution in [0.2, 0.25) is 20.1 Å². The van der Waals surface area contributed by atoms with Crippen molar-refractivity contribution in [3.63, 3.8) is 0 Å². The van der Waals surface area contributed by atoms with Gasteiger partial charge in [0, 0.05) is 0 Å². The normalized spacial score (nSPS) is 13.6. The van der Waals surface area contributed by atoms with E-state index in [0.29, 0.717) is 28.9 Å². The summed E-state index contributed by atoms with van der Waals surface area (Å²) in [5.74, 6) is 0. The average molecular weight is 866 g/mol. The highest BCUT2D eigenvalue weighted by molar-refractivity contribution is 7.92. The largest absolute Gasteiger partial charge is 0.502 e. The molecule has 2 heterocycles. The summed E-state index contributed by atoms with van der Waals surface area (Å²) >= 11 is 23.3. The third-order valence-electron chi connectivity index (χ3n) is 6.53. The summed E-state index contributed by atoms with van der Waals surface area (Å²) in [5, 5.41) is 5.41. The van der Waals surface area contributed by atoms with Gasteiger partial charge in [0.05, 0.1) is 58.9 Å². The van der Waals surface area contributed by atoms with Crippen molar-refractivity contribution in [3.8, 4) is 11.4 Å². The molecular formula is C26H16Cl4F12N4O3S2. The van der Waals surface area contributed by atoms with Gasteiger partial charge in [-0.2, -0.15) is 62.9 Å². The smallest absolute Gasteiger partial charge is 0.245 e. The van der Waals surface area contributed by atoms with Gasteiger partial charge >= 0.3 is 23.4 Å². The second-order valence-corrected chi connectivity index (χ2v) is 15.0. The molecule has 0 spiro atoms. The number of sulfone groups is 1. The number of alkyl halides is 12. The summed E-state index contributed by atoms with van der Waals surface area (Å²) in [6.45, 7) is 4.38. The summed E-state index contributed by atoms with van der Waals surface area (Å²) in [4.78, 5) is -1.71. The van der Waals surface area contributed by atoms with Gasteiger partial charge in [-0.15, -0.1) is 0 Å². The number of benzene rings is 2. The van der Waals surface area contributed by atoms with Gasteiger partial charge in [-0.3, -0.25) is 0 Å². The quantitative estimate of drug-likeness (QED) is 0.191. The molecule has 51 heavy (non-hydrogen) atoms. The van der Waals surface area contributed by atoms with Crippen LogP contribution in [0.15, 0.2) is 34.1 Å². The Morgan fingerprint density at radius 1 is 0.608 bits per heavy atom. The topological polar surface area (TPSA) is 86.8 Å². The fourth-order valence-electron chi connectivity index (χ4n) is 4.44. The molecule has 25 heteroatoms. The highest BCUT2D eigenvalue weighted by Gasteiger charge is 2.50. The molecule has 0 saturated carbocycles. The zero-order chi connectivity index (χ0) is 39.6. The first kappa shape index (κ1) is 42.7. The number of hydrogen-bond donors (Lipinski definition) is 0. The Labute approximate surface area is 301 Å². The maximum atomic E-state index is 12.8. The third kappa shape index (κ3) is 8.58. The summed E-state index contributed by atoms with van der Waals surface area (Å²) in [5.41, 5.74) is -14.9. The molecule has 0 aliphatic heterocycles. The van der Waals surface area contributed by atoms with Crippen LogP contribution < -0.4 is 0 Å². The van der Waals surface area contributed by atoms with Crippen molar-refractivity contribution < 1.29 is 65.3 Å². The van der Waals surface area contributed by atoms with Gasteiger partial charge in [-0.1, -0.05) is 46.4 Å². The van der Waals surface area contributed by atoms with E-state index in [1.165, 1.54) is 13.8 Å². The maximum Gasteiger partial charge on any atom is 0.502 e. The van der Waals surface area contributed by atoms with Crippen molar-refractivity contribution >= 4 is 67.0 Å². The first-order valence-corrected chi connectivity index (χ1v) is 17.0. The van der Waals surface area contributed by atoms with Crippen LogP contribution in [0.4, 0.5) is 52.7 Å². The van der Waals surface area contributed by atoms with Crippen molar-refractivity contribution in [1.29, 1.82) is 0 Å². The van der Waals surface area contributed by atoms with E-state index in [1.807, 2.05) is 0 Å². The zero-order valence-corrected chi connectivity index (χ0v) is 29.8. The van der Waals surface area contributed by atoms with E-state index in [2.05, 4.69) is 10.2 Å². The molecule has 0 fully saturated rings. The monoisotopic (exact) mass is 864 g/mol. The Kier molecular flexibility index (Phi) is 11.9. The second-order valence-electron chi connectivity index (χ2n) is 10.1. The van der Waals surface area contributed by atoms with Crippen LogP contribution in [0.1, 0.15) is 33.9 Å². The van der Waals surface area contributed by atoms with Crippen LogP contribution in [0, 0.1) is 27.7 Å². The van der Waals surface area contributed by atoms with Gasteiger partial charge in [0.25, 0.3) is 9.84 Å². The molecule has 0 aliphatic carbocycles. The predicted octanol–water partition coefficient (Wildman–Crippen LogP) is 10.6. The van der Waals surface area contributed by atoms with E-state index >= 15 is 0 Å². The lowest BCUT2D eigenvalue weighted by Gasteiger charge is -2.14. The van der Waals surface area contributed by atoms with Crippen LogP contribution in [-0.4, -0.2) is 43.2 Å². The number of nitrogens with zero attached hydrogens (tertiary/aromatic N) is 4. The third-order valence-corrected chi connectivity index (χ3v) is 10.8. The minimum absolute atomic E-state index is 0.197. The van der Waals surface area contributed by atoms with Crippen LogP contribution in [0.3, 0.4) is 0 Å². The van der Waals surface area contributed by atoms with Gasteiger partial charge in [0.15, 0.2) is 10.8 Å². The van der Waals surface area contributed by atoms with E-state index in [0.717, 1.165) is 18.5 Å². The maximum absolute atomic E-state index is 12.8. The molecule has 2 aromatic heterocycles. The number of aromatic nitrogens is 4. The van der Waals surface area contributed by atoms with Crippen molar-refractivity contribution in [3.05, 3.63) is 78.3 Å². The average Bonchev–Trinajstić information content (AvgIpc) is 3.39. The number of halogens is 16. The summed E-state index contributed by atoms with van der Waals surface area (Å²) < 4.78 is 190. The standard InChI is InChI=1S/C13H8Cl2F6N2O2S.C13H8Cl2F6N2OS/c1-5-11(26(24,25)13(19,20)21)6(2)23(22-5)10-8(14)3-7(4-9(10)15)12(16,17)18;1-5-11(25(24)13(19,20)21)6(2)23(22-5)10-8(14)3-7(4-9(10)15)12(16,17)18/h3-4H,1-2H3;3-4H,1-2H3. The van der Waals surface area contributed by atoms with E-state index in [1.54, 1.807) is 0 Å². The number of aryl methyl sites for hydroxylation is 2. The van der Waals surface area contributed by atoms with Crippen LogP contribution in [-0.2, 0) is 33.0 Å². The molecule has 0 radical (unpaired) electrons. The molecule has 7 nitrogen and oxygen atoms in total. The Bertz CT molecular complexity index is 2090. The summed E-state index contributed by atoms with van der Waals surface area (Å²) in [7, 11) is -9.09. The first-order valence-electron chi connectivity index (χ1n) is 12.9. The van der Waals surface area contributed by atoms with Gasteiger partial charge in [0.1, 0.15) is 16.3 Å². The lowest BCUT2D eigenvalue weighted by atomic mass is 10.2. The van der Waals surface area contributed by atoms with Gasteiger partial charge in [-0.05, 0) is 52.0 Å². The van der Waals surface area contributed by atoms with E-state index < -0.39 is 96.4 Å². The lowest BCUT2D eigenvalue weighted by molar-refractivity contribution is -0.138. The minimum Gasteiger partial charge on any atom is -0.245 e. The van der Waals surface area contributed by atoms with E-state index in [-0.39, 0.29) is 22.8 Å². The molecular weight excluding hydrogens is 850 g/mol. The van der Waals surface area contributed by atoms with E-state index in [9.17, 15) is 65.3 Å². The molecule has 1 atom stereocenters. The molecule has 0 amide bonds. The summed E-state index contributed by atoms with van der Waals surface area (Å²) in [6, 6.07) is 2.19. The van der Waals surface area contributed by atoms with Crippen molar-refractivity contribution in [1.82, 2.24) is 19.6 Å². The molecule has 2 aromatic carbocycles. The SMILES string of the molecule is Cc1nn(-c2c(Cl)cc(C(F)(F)F)cc2Cl)c(C)c1S(=O)(=O)C(F)(F)F.Cc1nn(-c2c(Cl)cc(C(F)(F)F)cc2Cl)c(C)c1S(=O)C(F)(F)F. The Hall–Kier alpha value is -2.72. The Balaban J connectivity index is 0.000000276. The molecule has 0 saturated heterocycles. The number of hydrogen-bond acceptors (Lipinski definition) is 5. The van der Waals surface area contributed by atoms with Crippen LogP contribution >= 0.6 is 46.4 Å². The molecule has 282 valence electrons. The predicted molar refractivity (Wildman–Crippen MR) is 162 cm³/mol. The summed E-state index contributed by atoms with van der Waals surface area (Å²) in [6.07, 6.45) is -9.46. The fraction of sp³-hybridized carbons (Fsp3) is 0.308. The Morgan fingerprint density at radius 3 is 1.25 bits per heavy atom. The minimum atomic E-state index is -5.73. The molecule has 0 aliphatic rings. The zero-order valence-electron chi connectivity index (χ0n) is 25.2. The molecule has 4 aromatic rings. The fourth-order valence-corrected chi connectivity index (χ4v) is 7.77. The molecule has 0 bridgehead atoms. The molecule has 0 N–H and O–H groups in total. The Morgan fingerprint density at radius 2 is 0.941 bits per heavy atom. The van der Waals surface area contributed by atoms with Gasteiger partial charge in [-0.25, -0.2) is 22.0 Å². The van der Waals surface area contributed by atoms with Gasteiger partial charge in [0.2, 0.25) is 0 Å². The molecule has 4 rings (SSSR count). The van der Waals surface area contributed by atoms with Crippen LogP contribution in [0.25, 0.3) is 11.4 Å². The highest BCUT2D eigenvalue weighted by Crippen LogP contribution is 2.41. The first-order chi connectivity index (χ1) is 22.8. The van der Waals surface area contributed by atoms with Crippen molar-refractivity contribution in [2.24, 2.45) is 0 Å².